The van der Waals surface area contributed by atoms with Crippen LogP contribution in [0.25, 0.3) is 0 Å². The van der Waals surface area contributed by atoms with E-state index >= 15 is 0 Å². The first-order valence-electron chi connectivity index (χ1n) is 5.49. The van der Waals surface area contributed by atoms with E-state index in [1.165, 1.54) is 5.06 Å². The molecule has 0 bridgehead atoms. The highest BCUT2D eigenvalue weighted by atomic mass is 16.8. The number of carbonyl (C=O) groups excluding carboxylic acids is 1. The molecule has 0 amide bonds. The molecular weight excluding hydrogens is 230 g/mol. The van der Waals surface area contributed by atoms with Gasteiger partial charge in [0.2, 0.25) is 0 Å². The number of anilines is 1. The summed E-state index contributed by atoms with van der Waals surface area (Å²) in [5, 5.41) is 1.35. The lowest BCUT2D eigenvalue weighted by molar-refractivity contribution is 0.0935. The second-order valence-corrected chi connectivity index (χ2v) is 3.59. The summed E-state index contributed by atoms with van der Waals surface area (Å²) >= 11 is 0. The number of carbonyl (C=O) groups is 1. The van der Waals surface area contributed by atoms with E-state index in [2.05, 4.69) is 0 Å². The Bertz CT molecular complexity index is 499. The fourth-order valence-electron chi connectivity index (χ4n) is 1.41. The zero-order valence-electron chi connectivity index (χ0n) is 9.95. The van der Waals surface area contributed by atoms with E-state index in [0.29, 0.717) is 5.75 Å². The molecule has 2 aromatic carbocycles. The van der Waals surface area contributed by atoms with E-state index < -0.39 is 6.16 Å². The minimum atomic E-state index is -0.771. The highest BCUT2D eigenvalue weighted by Crippen LogP contribution is 2.13. The van der Waals surface area contributed by atoms with Crippen LogP contribution in [0.15, 0.2) is 60.7 Å². The van der Waals surface area contributed by atoms with Gasteiger partial charge < -0.3 is 9.57 Å². The van der Waals surface area contributed by atoms with Gasteiger partial charge in [-0.05, 0) is 24.3 Å². The molecular formula is C14H13NO3. The Balaban J connectivity index is 1.92. The van der Waals surface area contributed by atoms with Gasteiger partial charge in [-0.2, -0.15) is 0 Å². The first-order valence-corrected chi connectivity index (χ1v) is 5.49. The summed E-state index contributed by atoms with van der Waals surface area (Å²) in [6.45, 7) is 0. The van der Waals surface area contributed by atoms with Crippen LogP contribution in [0, 0.1) is 0 Å². The number of hydrogen-bond acceptors (Lipinski definition) is 4. The summed E-state index contributed by atoms with van der Waals surface area (Å²) in [5.41, 5.74) is 0.766. The fraction of sp³-hybridized carbons (Fsp3) is 0.0714. The van der Waals surface area contributed by atoms with Crippen LogP contribution in [0.3, 0.4) is 0 Å². The van der Waals surface area contributed by atoms with Gasteiger partial charge in [0.25, 0.3) is 0 Å². The van der Waals surface area contributed by atoms with Crippen LogP contribution in [0.2, 0.25) is 0 Å². The zero-order valence-corrected chi connectivity index (χ0v) is 9.95. The maximum atomic E-state index is 11.5. The van der Waals surface area contributed by atoms with Gasteiger partial charge >= 0.3 is 6.16 Å². The summed E-state index contributed by atoms with van der Waals surface area (Å²) in [7, 11) is 1.64. The van der Waals surface area contributed by atoms with Crippen LogP contribution in [-0.4, -0.2) is 13.2 Å². The van der Waals surface area contributed by atoms with Gasteiger partial charge in [0.1, 0.15) is 5.75 Å². The van der Waals surface area contributed by atoms with Gasteiger partial charge in [0, 0.05) is 7.05 Å². The van der Waals surface area contributed by atoms with Gasteiger partial charge in [-0.1, -0.05) is 36.4 Å². The number of hydrogen-bond donors (Lipinski definition) is 0. The molecule has 4 nitrogen and oxygen atoms in total. The summed E-state index contributed by atoms with van der Waals surface area (Å²) < 4.78 is 5.00. The molecule has 92 valence electrons. The van der Waals surface area contributed by atoms with Crippen molar-refractivity contribution in [2.45, 2.75) is 0 Å². The molecule has 0 aromatic heterocycles. The summed E-state index contributed by atoms with van der Waals surface area (Å²) in [4.78, 5) is 16.5. The SMILES string of the molecule is CN(OC(=O)Oc1ccccc1)c1ccccc1. The topological polar surface area (TPSA) is 38.8 Å². The van der Waals surface area contributed by atoms with E-state index in [1.54, 1.807) is 31.3 Å². The molecule has 0 aliphatic rings. The molecule has 4 heteroatoms. The van der Waals surface area contributed by atoms with Crippen molar-refractivity contribution in [2.24, 2.45) is 0 Å². The summed E-state index contributed by atoms with van der Waals surface area (Å²) in [5.74, 6) is 0.448. The molecule has 0 radical (unpaired) electrons. The van der Waals surface area contributed by atoms with Crippen molar-refractivity contribution >= 4 is 11.8 Å². The maximum absolute atomic E-state index is 11.5. The molecule has 0 atom stereocenters. The number of ether oxygens (including phenoxy) is 1. The molecule has 0 saturated heterocycles. The van der Waals surface area contributed by atoms with Crippen molar-refractivity contribution in [3.63, 3.8) is 0 Å². The quantitative estimate of drug-likeness (QED) is 0.471. The molecule has 0 aliphatic heterocycles. The van der Waals surface area contributed by atoms with Crippen LogP contribution in [0.5, 0.6) is 5.75 Å². The van der Waals surface area contributed by atoms with Gasteiger partial charge in [0.15, 0.2) is 0 Å². The number of nitrogens with zero attached hydrogens (tertiary/aromatic N) is 1. The smallest absolute Gasteiger partial charge is 0.393 e. The van der Waals surface area contributed by atoms with Crippen LogP contribution in [-0.2, 0) is 4.84 Å². The Labute approximate surface area is 105 Å². The Hall–Kier alpha value is -2.49. The second-order valence-electron chi connectivity index (χ2n) is 3.59. The van der Waals surface area contributed by atoms with Crippen LogP contribution in [0.4, 0.5) is 10.5 Å². The number of benzene rings is 2. The summed E-state index contributed by atoms with van der Waals surface area (Å²) in [6, 6.07) is 18.0. The first kappa shape index (κ1) is 12.0. The predicted molar refractivity (Wildman–Crippen MR) is 68.4 cm³/mol. The van der Waals surface area contributed by atoms with Crippen molar-refractivity contribution < 1.29 is 14.4 Å². The molecule has 0 N–H and O–H groups in total. The van der Waals surface area contributed by atoms with Crippen molar-refractivity contribution in [3.8, 4) is 5.75 Å². The average Bonchev–Trinajstić information content (AvgIpc) is 2.40. The van der Waals surface area contributed by atoms with Crippen molar-refractivity contribution in [3.05, 3.63) is 60.7 Å². The molecule has 0 aliphatic carbocycles. The molecule has 18 heavy (non-hydrogen) atoms. The standard InChI is InChI=1S/C14H13NO3/c1-15(12-8-4-2-5-9-12)18-14(16)17-13-10-6-3-7-11-13/h2-11H,1H3. The predicted octanol–water partition coefficient (Wildman–Crippen LogP) is 3.25. The van der Waals surface area contributed by atoms with Gasteiger partial charge in [-0.25, -0.2) is 9.86 Å². The molecule has 0 unspecified atom stereocenters. The monoisotopic (exact) mass is 243 g/mol. The third-order valence-electron chi connectivity index (χ3n) is 2.28. The Morgan fingerprint density at radius 1 is 0.944 bits per heavy atom. The minimum Gasteiger partial charge on any atom is -0.393 e. The van der Waals surface area contributed by atoms with Crippen molar-refractivity contribution in [1.29, 1.82) is 0 Å². The van der Waals surface area contributed by atoms with Gasteiger partial charge in [-0.15, -0.1) is 0 Å². The van der Waals surface area contributed by atoms with E-state index in [0.717, 1.165) is 5.69 Å². The molecule has 0 fully saturated rings. The largest absolute Gasteiger partial charge is 0.539 e. The van der Waals surface area contributed by atoms with Crippen LogP contribution < -0.4 is 9.80 Å². The third-order valence-corrected chi connectivity index (χ3v) is 2.28. The average molecular weight is 243 g/mol. The van der Waals surface area contributed by atoms with E-state index in [4.69, 9.17) is 9.57 Å². The maximum Gasteiger partial charge on any atom is 0.539 e. The van der Waals surface area contributed by atoms with E-state index in [9.17, 15) is 4.79 Å². The Kier molecular flexibility index (Phi) is 3.81. The normalized spacial score (nSPS) is 9.61. The molecule has 0 heterocycles. The lowest BCUT2D eigenvalue weighted by Gasteiger charge is -2.17. The highest BCUT2D eigenvalue weighted by Gasteiger charge is 2.10. The molecule has 0 saturated carbocycles. The van der Waals surface area contributed by atoms with Crippen LogP contribution in [0.1, 0.15) is 0 Å². The van der Waals surface area contributed by atoms with Crippen molar-refractivity contribution in [1.82, 2.24) is 0 Å². The number of rotatable bonds is 3. The number of hydroxylamine groups is 1. The first-order chi connectivity index (χ1) is 8.75. The van der Waals surface area contributed by atoms with Crippen LogP contribution >= 0.6 is 0 Å². The zero-order chi connectivity index (χ0) is 12.8. The van der Waals surface area contributed by atoms with Crippen molar-refractivity contribution in [2.75, 3.05) is 12.1 Å². The Morgan fingerprint density at radius 3 is 2.11 bits per heavy atom. The van der Waals surface area contributed by atoms with E-state index in [-0.39, 0.29) is 0 Å². The fourth-order valence-corrected chi connectivity index (χ4v) is 1.41. The van der Waals surface area contributed by atoms with Gasteiger partial charge in [0.05, 0.1) is 5.69 Å². The Morgan fingerprint density at radius 2 is 1.50 bits per heavy atom. The number of para-hydroxylation sites is 2. The molecule has 2 rings (SSSR count). The summed E-state index contributed by atoms with van der Waals surface area (Å²) in [6.07, 6.45) is -0.771. The lowest BCUT2D eigenvalue weighted by atomic mass is 10.3. The third kappa shape index (κ3) is 3.25. The molecule has 2 aromatic rings. The lowest BCUT2D eigenvalue weighted by Crippen LogP contribution is -2.24. The van der Waals surface area contributed by atoms with Gasteiger partial charge in [-0.3, -0.25) is 0 Å². The second kappa shape index (κ2) is 5.72. The minimum absolute atomic E-state index is 0.448. The highest BCUT2D eigenvalue weighted by molar-refractivity contribution is 5.65. The van der Waals surface area contributed by atoms with E-state index in [1.807, 2.05) is 36.4 Å². The molecule has 0 spiro atoms.